The molecule has 0 amide bonds. The number of Topliss-reactive ketones (excluding diaryl/α,β-unsaturated/α-hetero) is 1. The average molecular weight is 228 g/mol. The maximum absolute atomic E-state index is 11.3. The van der Waals surface area contributed by atoms with Gasteiger partial charge >= 0.3 is 5.97 Å². The van der Waals surface area contributed by atoms with Crippen LogP contribution in [0.1, 0.15) is 65.2 Å². The normalized spacial score (nSPS) is 10.1. The largest absolute Gasteiger partial charge is 0.466 e. The molecule has 0 aromatic heterocycles. The summed E-state index contributed by atoms with van der Waals surface area (Å²) in [4.78, 5) is 22.3. The molecule has 0 spiro atoms. The van der Waals surface area contributed by atoms with Gasteiger partial charge in [-0.3, -0.25) is 9.59 Å². The predicted molar refractivity (Wildman–Crippen MR) is 64.3 cm³/mol. The van der Waals surface area contributed by atoms with E-state index in [1.54, 1.807) is 0 Å². The number of carbonyl (C=O) groups is 2. The molecule has 0 aliphatic carbocycles. The van der Waals surface area contributed by atoms with Crippen molar-refractivity contribution >= 4 is 11.8 Å². The lowest BCUT2D eigenvalue weighted by molar-refractivity contribution is -0.144. The van der Waals surface area contributed by atoms with Crippen LogP contribution in [0.3, 0.4) is 0 Å². The van der Waals surface area contributed by atoms with E-state index in [-0.39, 0.29) is 5.97 Å². The molecule has 0 fully saturated rings. The lowest BCUT2D eigenvalue weighted by atomic mass is 10.1. The number of hydrogen-bond acceptors (Lipinski definition) is 3. The van der Waals surface area contributed by atoms with Crippen molar-refractivity contribution in [3.63, 3.8) is 0 Å². The minimum absolute atomic E-state index is 0.152. The van der Waals surface area contributed by atoms with Crippen molar-refractivity contribution in [2.24, 2.45) is 0 Å². The smallest absolute Gasteiger partial charge is 0.305 e. The highest BCUT2D eigenvalue weighted by Gasteiger charge is 2.03. The van der Waals surface area contributed by atoms with Gasteiger partial charge in [-0.2, -0.15) is 0 Å². The van der Waals surface area contributed by atoms with Crippen LogP contribution in [-0.2, 0) is 14.3 Å². The minimum atomic E-state index is -0.152. The van der Waals surface area contributed by atoms with Crippen molar-refractivity contribution < 1.29 is 14.3 Å². The minimum Gasteiger partial charge on any atom is -0.466 e. The first-order valence-corrected chi connectivity index (χ1v) is 6.38. The molecule has 0 radical (unpaired) electrons. The molecule has 3 nitrogen and oxygen atoms in total. The van der Waals surface area contributed by atoms with Crippen LogP contribution in [0.25, 0.3) is 0 Å². The van der Waals surface area contributed by atoms with Crippen molar-refractivity contribution in [3.8, 4) is 0 Å². The topological polar surface area (TPSA) is 43.4 Å². The van der Waals surface area contributed by atoms with E-state index in [0.29, 0.717) is 38.1 Å². The van der Waals surface area contributed by atoms with E-state index >= 15 is 0 Å². The Morgan fingerprint density at radius 1 is 0.875 bits per heavy atom. The van der Waals surface area contributed by atoms with E-state index < -0.39 is 0 Å². The first-order valence-electron chi connectivity index (χ1n) is 6.38. The van der Waals surface area contributed by atoms with Gasteiger partial charge in [0, 0.05) is 19.3 Å². The van der Waals surface area contributed by atoms with Crippen LogP contribution in [0.2, 0.25) is 0 Å². The number of ketones is 1. The van der Waals surface area contributed by atoms with E-state index in [9.17, 15) is 9.59 Å². The number of hydrogen-bond donors (Lipinski definition) is 0. The van der Waals surface area contributed by atoms with Gasteiger partial charge in [0.15, 0.2) is 0 Å². The van der Waals surface area contributed by atoms with E-state index in [1.165, 1.54) is 0 Å². The Morgan fingerprint density at radius 2 is 1.56 bits per heavy atom. The maximum atomic E-state index is 11.3. The lowest BCUT2D eigenvalue weighted by Crippen LogP contribution is -2.07. The summed E-state index contributed by atoms with van der Waals surface area (Å²) in [5.74, 6) is 0.140. The summed E-state index contributed by atoms with van der Waals surface area (Å²) in [5.41, 5.74) is 0. The summed E-state index contributed by atoms with van der Waals surface area (Å²) in [6.45, 7) is 4.45. The fourth-order valence-electron chi connectivity index (χ4n) is 1.43. The van der Waals surface area contributed by atoms with Crippen LogP contribution >= 0.6 is 0 Å². The number of carbonyl (C=O) groups excluding carboxylic acids is 2. The molecular weight excluding hydrogens is 204 g/mol. The molecule has 94 valence electrons. The molecule has 0 aromatic carbocycles. The summed E-state index contributed by atoms with van der Waals surface area (Å²) in [6.07, 6.45) is 6.43. The monoisotopic (exact) mass is 228 g/mol. The molecule has 0 N–H and O–H groups in total. The van der Waals surface area contributed by atoms with Gasteiger partial charge in [0.05, 0.1) is 6.61 Å². The molecule has 0 bridgehead atoms. The fourth-order valence-corrected chi connectivity index (χ4v) is 1.43. The molecule has 0 aliphatic heterocycles. The molecule has 0 saturated carbocycles. The molecule has 16 heavy (non-hydrogen) atoms. The summed E-state index contributed by atoms with van der Waals surface area (Å²) in [5, 5.41) is 0. The van der Waals surface area contributed by atoms with E-state index in [2.05, 4.69) is 6.92 Å². The van der Waals surface area contributed by atoms with Gasteiger partial charge in [0.25, 0.3) is 0 Å². The van der Waals surface area contributed by atoms with Crippen molar-refractivity contribution in [3.05, 3.63) is 0 Å². The zero-order chi connectivity index (χ0) is 12.2. The molecular formula is C13H24O3. The summed E-state index contributed by atoms with van der Waals surface area (Å²) in [7, 11) is 0. The second-order valence-corrected chi connectivity index (χ2v) is 4.07. The van der Waals surface area contributed by atoms with E-state index in [0.717, 1.165) is 25.7 Å². The quantitative estimate of drug-likeness (QED) is 0.426. The van der Waals surface area contributed by atoms with Crippen LogP contribution in [0, 0.1) is 0 Å². The zero-order valence-corrected chi connectivity index (χ0v) is 10.6. The Bertz CT molecular complexity index is 199. The van der Waals surface area contributed by atoms with E-state index in [4.69, 9.17) is 4.74 Å². The molecule has 0 aliphatic rings. The van der Waals surface area contributed by atoms with Gasteiger partial charge in [-0.25, -0.2) is 0 Å². The lowest BCUT2D eigenvalue weighted by Gasteiger charge is -2.03. The highest BCUT2D eigenvalue weighted by molar-refractivity contribution is 5.78. The molecule has 0 aromatic rings. The van der Waals surface area contributed by atoms with Crippen LogP contribution in [0.5, 0.6) is 0 Å². The highest BCUT2D eigenvalue weighted by atomic mass is 16.5. The van der Waals surface area contributed by atoms with E-state index in [1.807, 2.05) is 6.92 Å². The second-order valence-electron chi connectivity index (χ2n) is 4.07. The third-order valence-electron chi connectivity index (χ3n) is 2.38. The summed E-state index contributed by atoms with van der Waals surface area (Å²) < 4.78 is 4.97. The molecule has 0 saturated heterocycles. The molecule has 0 heterocycles. The van der Waals surface area contributed by atoms with Crippen LogP contribution < -0.4 is 0 Å². The van der Waals surface area contributed by atoms with Crippen molar-refractivity contribution in [1.82, 2.24) is 0 Å². The standard InChI is InChI=1S/C13H24O3/c1-3-5-6-9-12(14)10-7-11-16-13(15)8-4-2/h3-11H2,1-2H3. The third-order valence-corrected chi connectivity index (χ3v) is 2.38. The van der Waals surface area contributed by atoms with Crippen LogP contribution in [0.4, 0.5) is 0 Å². The Hall–Kier alpha value is -0.860. The Morgan fingerprint density at radius 3 is 2.19 bits per heavy atom. The van der Waals surface area contributed by atoms with Gasteiger partial charge in [-0.15, -0.1) is 0 Å². The van der Waals surface area contributed by atoms with Gasteiger partial charge in [-0.1, -0.05) is 26.7 Å². The van der Waals surface area contributed by atoms with Crippen molar-refractivity contribution in [2.45, 2.75) is 65.2 Å². The molecule has 0 unspecified atom stereocenters. The van der Waals surface area contributed by atoms with Gasteiger partial charge in [-0.05, 0) is 19.3 Å². The van der Waals surface area contributed by atoms with Gasteiger partial charge in [0.1, 0.15) is 5.78 Å². The zero-order valence-electron chi connectivity index (χ0n) is 10.6. The number of esters is 1. The Labute approximate surface area is 98.6 Å². The maximum Gasteiger partial charge on any atom is 0.305 e. The van der Waals surface area contributed by atoms with Crippen molar-refractivity contribution in [1.29, 1.82) is 0 Å². The van der Waals surface area contributed by atoms with Crippen LogP contribution in [0.15, 0.2) is 0 Å². The van der Waals surface area contributed by atoms with Crippen molar-refractivity contribution in [2.75, 3.05) is 6.61 Å². The highest BCUT2D eigenvalue weighted by Crippen LogP contribution is 2.04. The number of ether oxygens (including phenoxy) is 1. The van der Waals surface area contributed by atoms with Crippen LogP contribution in [-0.4, -0.2) is 18.4 Å². The predicted octanol–water partition coefficient (Wildman–Crippen LogP) is 3.26. The SMILES string of the molecule is CCCCCC(=O)CCCOC(=O)CCC. The first kappa shape index (κ1) is 15.1. The van der Waals surface area contributed by atoms with Gasteiger partial charge in [0.2, 0.25) is 0 Å². The Kier molecular flexibility index (Phi) is 10.1. The Balaban J connectivity index is 3.30. The second kappa shape index (κ2) is 10.7. The first-order chi connectivity index (χ1) is 7.70. The molecule has 0 rings (SSSR count). The summed E-state index contributed by atoms with van der Waals surface area (Å²) in [6, 6.07) is 0. The molecule has 3 heteroatoms. The fraction of sp³-hybridized carbons (Fsp3) is 0.846. The van der Waals surface area contributed by atoms with Gasteiger partial charge < -0.3 is 4.74 Å². The molecule has 0 atom stereocenters. The number of rotatable bonds is 10. The summed E-state index contributed by atoms with van der Waals surface area (Å²) >= 11 is 0. The average Bonchev–Trinajstić information content (AvgIpc) is 2.25. The number of unbranched alkanes of at least 4 members (excludes halogenated alkanes) is 2. The third kappa shape index (κ3) is 9.69.